The molecule has 4 aromatic rings. The highest BCUT2D eigenvalue weighted by molar-refractivity contribution is 7.98. The highest BCUT2D eigenvalue weighted by Gasteiger charge is 2.35. The number of para-hydroxylation sites is 1. The van der Waals surface area contributed by atoms with Gasteiger partial charge < -0.3 is 14.5 Å². The van der Waals surface area contributed by atoms with Crippen molar-refractivity contribution in [3.8, 4) is 0 Å². The van der Waals surface area contributed by atoms with E-state index in [0.717, 1.165) is 57.3 Å². The first kappa shape index (κ1) is 21.6. The number of carbonyl (C=O) groups excluding carboxylic acids is 2. The van der Waals surface area contributed by atoms with Crippen molar-refractivity contribution in [2.24, 2.45) is 0 Å². The molecule has 33 heavy (non-hydrogen) atoms. The fourth-order valence-electron chi connectivity index (χ4n) is 4.67. The lowest BCUT2D eigenvalue weighted by atomic mass is 9.95. The van der Waals surface area contributed by atoms with Crippen LogP contribution in [0.5, 0.6) is 0 Å². The Morgan fingerprint density at radius 1 is 0.970 bits per heavy atom. The molecular weight excluding hydrogens is 432 g/mol. The minimum Gasteiger partial charge on any atom is -0.361 e. The number of nitrogens with zero attached hydrogens (tertiary/aromatic N) is 2. The Labute approximate surface area is 196 Å². The zero-order valence-corrected chi connectivity index (χ0v) is 19.8. The number of imide groups is 1. The van der Waals surface area contributed by atoms with Gasteiger partial charge in [0.1, 0.15) is 0 Å². The SMILES string of the molecule is CSc1cccc2c1c(C1=C(c3c[nH]c4ccccc34)C(=O)NC1=O)cn2CCCN(C)C. The normalized spacial score (nSPS) is 14.3. The zero-order chi connectivity index (χ0) is 23.1. The summed E-state index contributed by atoms with van der Waals surface area (Å²) in [4.78, 5) is 32.7. The summed E-state index contributed by atoms with van der Waals surface area (Å²) >= 11 is 1.65. The summed E-state index contributed by atoms with van der Waals surface area (Å²) in [5, 5.41) is 4.50. The molecule has 7 heteroatoms. The summed E-state index contributed by atoms with van der Waals surface area (Å²) < 4.78 is 2.21. The minimum atomic E-state index is -0.352. The molecule has 3 heterocycles. The van der Waals surface area contributed by atoms with Gasteiger partial charge in [0.25, 0.3) is 11.8 Å². The van der Waals surface area contributed by atoms with Gasteiger partial charge in [0.15, 0.2) is 0 Å². The first-order chi connectivity index (χ1) is 16.0. The molecule has 2 amide bonds. The highest BCUT2D eigenvalue weighted by atomic mass is 32.2. The van der Waals surface area contributed by atoms with E-state index in [9.17, 15) is 9.59 Å². The third-order valence-corrected chi connectivity index (χ3v) is 6.93. The molecule has 0 unspecified atom stereocenters. The molecule has 2 aromatic carbocycles. The van der Waals surface area contributed by atoms with Crippen molar-refractivity contribution in [1.29, 1.82) is 0 Å². The molecule has 1 aliphatic rings. The van der Waals surface area contributed by atoms with E-state index in [4.69, 9.17) is 0 Å². The van der Waals surface area contributed by atoms with Gasteiger partial charge in [0.2, 0.25) is 0 Å². The van der Waals surface area contributed by atoms with E-state index in [1.165, 1.54) is 0 Å². The van der Waals surface area contributed by atoms with Crippen LogP contribution in [0.2, 0.25) is 0 Å². The number of rotatable bonds is 7. The molecule has 0 fully saturated rings. The van der Waals surface area contributed by atoms with Crippen molar-refractivity contribution in [3.63, 3.8) is 0 Å². The van der Waals surface area contributed by atoms with Crippen LogP contribution in [0.3, 0.4) is 0 Å². The molecule has 6 nitrogen and oxygen atoms in total. The van der Waals surface area contributed by atoms with E-state index < -0.39 is 0 Å². The quantitative estimate of drug-likeness (QED) is 0.319. The second-order valence-corrected chi connectivity index (χ2v) is 9.38. The van der Waals surface area contributed by atoms with Crippen LogP contribution in [0.4, 0.5) is 0 Å². The van der Waals surface area contributed by atoms with Gasteiger partial charge in [-0.3, -0.25) is 14.9 Å². The Hall–Kier alpha value is -3.29. The Morgan fingerprint density at radius 2 is 1.73 bits per heavy atom. The fraction of sp³-hybridized carbons (Fsp3) is 0.231. The first-order valence-electron chi connectivity index (χ1n) is 11.0. The number of hydrogen-bond donors (Lipinski definition) is 2. The van der Waals surface area contributed by atoms with Crippen molar-refractivity contribution in [2.45, 2.75) is 17.9 Å². The molecule has 0 atom stereocenters. The number of benzene rings is 2. The molecular formula is C26H26N4O2S. The summed E-state index contributed by atoms with van der Waals surface area (Å²) in [5.74, 6) is -0.696. The molecule has 168 valence electrons. The van der Waals surface area contributed by atoms with Gasteiger partial charge in [-0.1, -0.05) is 24.3 Å². The minimum absolute atomic E-state index is 0.344. The average molecular weight is 459 g/mol. The lowest BCUT2D eigenvalue weighted by Gasteiger charge is -2.10. The molecule has 2 aromatic heterocycles. The highest BCUT2D eigenvalue weighted by Crippen LogP contribution is 2.41. The van der Waals surface area contributed by atoms with E-state index in [0.29, 0.717) is 11.1 Å². The third-order valence-electron chi connectivity index (χ3n) is 6.15. The molecule has 2 N–H and O–H groups in total. The number of H-pyrrole nitrogens is 1. The van der Waals surface area contributed by atoms with E-state index in [2.05, 4.69) is 52.1 Å². The lowest BCUT2D eigenvalue weighted by molar-refractivity contribution is -0.122. The van der Waals surface area contributed by atoms with Crippen molar-refractivity contribution in [3.05, 3.63) is 66.0 Å². The van der Waals surface area contributed by atoms with Gasteiger partial charge in [-0.15, -0.1) is 11.8 Å². The van der Waals surface area contributed by atoms with E-state index in [1.807, 2.05) is 42.9 Å². The Bertz CT molecular complexity index is 1430. The van der Waals surface area contributed by atoms with Crippen LogP contribution in [0, 0.1) is 0 Å². The van der Waals surface area contributed by atoms with Crippen molar-refractivity contribution < 1.29 is 9.59 Å². The third kappa shape index (κ3) is 3.67. The van der Waals surface area contributed by atoms with Crippen LogP contribution in [0.25, 0.3) is 33.0 Å². The van der Waals surface area contributed by atoms with Gasteiger partial charge in [0, 0.05) is 56.8 Å². The number of nitrogens with one attached hydrogen (secondary N) is 2. The number of fused-ring (bicyclic) bond motifs is 2. The predicted octanol–water partition coefficient (Wildman–Crippen LogP) is 4.36. The van der Waals surface area contributed by atoms with Crippen LogP contribution >= 0.6 is 11.8 Å². The van der Waals surface area contributed by atoms with Crippen LogP contribution in [-0.4, -0.2) is 53.2 Å². The molecule has 0 spiro atoms. The Balaban J connectivity index is 1.75. The standard InChI is InChI=1S/C26H26N4O2S/c1-29(2)12-7-13-30-15-18(22-20(30)10-6-11-21(22)33-3)24-23(25(31)28-26(24)32)17-14-27-19-9-5-4-8-16(17)19/h4-6,8-11,14-15,27H,7,12-13H2,1-3H3,(H,28,31,32). The number of aromatic amines is 1. The number of carbonyl (C=O) groups is 2. The summed E-state index contributed by atoms with van der Waals surface area (Å²) in [6.07, 6.45) is 6.89. The predicted molar refractivity (Wildman–Crippen MR) is 135 cm³/mol. The van der Waals surface area contributed by atoms with E-state index in [1.54, 1.807) is 11.8 Å². The molecule has 0 saturated carbocycles. The maximum Gasteiger partial charge on any atom is 0.259 e. The van der Waals surface area contributed by atoms with Crippen molar-refractivity contribution in [1.82, 2.24) is 19.8 Å². The second-order valence-electron chi connectivity index (χ2n) is 8.53. The fourth-order valence-corrected chi connectivity index (χ4v) is 5.30. The van der Waals surface area contributed by atoms with Gasteiger partial charge in [-0.05, 0) is 51.5 Å². The van der Waals surface area contributed by atoms with Crippen LogP contribution in [0.15, 0.2) is 59.8 Å². The molecule has 0 radical (unpaired) electrons. The van der Waals surface area contributed by atoms with Gasteiger partial charge in [-0.2, -0.15) is 0 Å². The summed E-state index contributed by atoms with van der Waals surface area (Å²) in [6.45, 7) is 1.80. The number of aryl methyl sites for hydroxylation is 1. The number of aromatic nitrogens is 2. The summed E-state index contributed by atoms with van der Waals surface area (Å²) in [5.41, 5.74) is 4.45. The average Bonchev–Trinajstić information content (AvgIpc) is 3.46. The van der Waals surface area contributed by atoms with E-state index in [-0.39, 0.29) is 11.8 Å². The molecule has 5 rings (SSSR count). The maximum atomic E-state index is 13.2. The lowest BCUT2D eigenvalue weighted by Crippen LogP contribution is -2.22. The zero-order valence-electron chi connectivity index (χ0n) is 18.9. The van der Waals surface area contributed by atoms with Crippen LogP contribution in [-0.2, 0) is 16.1 Å². The largest absolute Gasteiger partial charge is 0.361 e. The summed E-state index contributed by atoms with van der Waals surface area (Å²) in [6, 6.07) is 14.0. The monoisotopic (exact) mass is 458 g/mol. The first-order valence-corrected chi connectivity index (χ1v) is 12.2. The molecule has 1 aliphatic heterocycles. The summed E-state index contributed by atoms with van der Waals surface area (Å²) in [7, 11) is 4.13. The second kappa shape index (κ2) is 8.57. The Morgan fingerprint density at radius 3 is 2.48 bits per heavy atom. The Kier molecular flexibility index (Phi) is 5.60. The topological polar surface area (TPSA) is 70.1 Å². The molecule has 0 bridgehead atoms. The van der Waals surface area contributed by atoms with Gasteiger partial charge in [-0.25, -0.2) is 0 Å². The van der Waals surface area contributed by atoms with Crippen LogP contribution < -0.4 is 5.32 Å². The van der Waals surface area contributed by atoms with Crippen molar-refractivity contribution in [2.75, 3.05) is 26.9 Å². The maximum absolute atomic E-state index is 13.2. The van der Waals surface area contributed by atoms with Crippen molar-refractivity contribution >= 4 is 56.5 Å². The van der Waals surface area contributed by atoms with Gasteiger partial charge in [0.05, 0.1) is 11.1 Å². The molecule has 0 aliphatic carbocycles. The van der Waals surface area contributed by atoms with E-state index >= 15 is 0 Å². The number of thioether (sulfide) groups is 1. The van der Waals surface area contributed by atoms with Gasteiger partial charge >= 0.3 is 0 Å². The molecule has 0 saturated heterocycles. The number of amides is 2. The number of hydrogen-bond acceptors (Lipinski definition) is 4. The smallest absolute Gasteiger partial charge is 0.259 e. The van der Waals surface area contributed by atoms with Crippen LogP contribution in [0.1, 0.15) is 17.5 Å².